The summed E-state index contributed by atoms with van der Waals surface area (Å²) in [5.74, 6) is -2.36. The van der Waals surface area contributed by atoms with Crippen LogP contribution in [0.5, 0.6) is 5.88 Å². The maximum Gasteiger partial charge on any atom is 0.305 e. The van der Waals surface area contributed by atoms with Crippen molar-refractivity contribution >= 4 is 11.9 Å². The molecule has 0 saturated heterocycles. The van der Waals surface area contributed by atoms with Crippen LogP contribution in [0.2, 0.25) is 0 Å². The van der Waals surface area contributed by atoms with Crippen molar-refractivity contribution < 1.29 is 28.9 Å². The molecule has 0 aliphatic heterocycles. The second-order valence-electron chi connectivity index (χ2n) is 9.07. The molecule has 1 heterocycles. The van der Waals surface area contributed by atoms with Gasteiger partial charge in [-0.1, -0.05) is 55.8 Å². The average Bonchev–Trinajstić information content (AvgIpc) is 3.22. The number of aryl methyl sites for hydroxylation is 1. The van der Waals surface area contributed by atoms with E-state index >= 15 is 0 Å². The largest absolute Gasteiger partial charge is 0.481 e. The Balaban J connectivity index is 1.94. The number of halogens is 1. The van der Waals surface area contributed by atoms with Gasteiger partial charge in [-0.3, -0.25) is 9.59 Å². The molecule has 2 atom stereocenters. The molecule has 35 heavy (non-hydrogen) atoms. The number of carboxylic acids is 1. The maximum absolute atomic E-state index is 14.5. The smallest absolute Gasteiger partial charge is 0.305 e. The van der Waals surface area contributed by atoms with Gasteiger partial charge in [-0.05, 0) is 37.5 Å². The zero-order valence-corrected chi connectivity index (χ0v) is 20.2. The van der Waals surface area contributed by atoms with Gasteiger partial charge < -0.3 is 20.3 Å². The van der Waals surface area contributed by atoms with E-state index < -0.39 is 29.3 Å². The maximum atomic E-state index is 14.5. The zero-order valence-electron chi connectivity index (χ0n) is 20.2. The van der Waals surface area contributed by atoms with Gasteiger partial charge in [-0.25, -0.2) is 4.39 Å². The zero-order chi connectivity index (χ0) is 25.8. The first-order chi connectivity index (χ1) is 16.5. The number of hydrogen-bond acceptors (Lipinski definition) is 5. The monoisotopic (exact) mass is 483 g/mol. The van der Waals surface area contributed by atoms with Crippen molar-refractivity contribution in [2.24, 2.45) is 5.92 Å². The number of aliphatic hydroxyl groups is 1. The standard InChI is InChI=1S/C26H30FN3O5/c1-16(2)26(4,34)15-35-23-13-21(29-30(23)22-8-6-5-7-19(22)27)25(33)28-20(14-24(31)32)18-11-9-17(3)10-12-18/h5-13,16,20,34H,14-15H2,1-4H3,(H,28,33)(H,31,32)/t20?,26-/m1/s1. The van der Waals surface area contributed by atoms with Gasteiger partial charge in [0.15, 0.2) is 5.69 Å². The van der Waals surface area contributed by atoms with E-state index in [1.54, 1.807) is 25.1 Å². The molecule has 0 saturated carbocycles. The van der Waals surface area contributed by atoms with Crippen molar-refractivity contribution in [1.29, 1.82) is 0 Å². The highest BCUT2D eigenvalue weighted by Crippen LogP contribution is 2.25. The van der Waals surface area contributed by atoms with Crippen LogP contribution in [0.25, 0.3) is 5.69 Å². The van der Waals surface area contributed by atoms with E-state index in [-0.39, 0.29) is 36.2 Å². The Kier molecular flexibility index (Phi) is 7.91. The second-order valence-corrected chi connectivity index (χ2v) is 9.07. The summed E-state index contributed by atoms with van der Waals surface area (Å²) in [7, 11) is 0. The summed E-state index contributed by atoms with van der Waals surface area (Å²) in [5, 5.41) is 26.9. The van der Waals surface area contributed by atoms with Gasteiger partial charge in [-0.2, -0.15) is 9.78 Å². The highest BCUT2D eigenvalue weighted by molar-refractivity contribution is 5.93. The van der Waals surface area contributed by atoms with Crippen LogP contribution in [0.4, 0.5) is 4.39 Å². The summed E-state index contributed by atoms with van der Waals surface area (Å²) in [6, 6.07) is 13.6. The van der Waals surface area contributed by atoms with Gasteiger partial charge in [-0.15, -0.1) is 0 Å². The highest BCUT2D eigenvalue weighted by Gasteiger charge is 2.28. The highest BCUT2D eigenvalue weighted by atomic mass is 19.1. The van der Waals surface area contributed by atoms with Crippen LogP contribution in [0.1, 0.15) is 54.8 Å². The van der Waals surface area contributed by atoms with E-state index in [1.165, 1.54) is 24.3 Å². The summed E-state index contributed by atoms with van der Waals surface area (Å²) < 4.78 is 21.5. The summed E-state index contributed by atoms with van der Waals surface area (Å²) in [6.07, 6.45) is -0.330. The van der Waals surface area contributed by atoms with Crippen molar-refractivity contribution in [2.75, 3.05) is 6.61 Å². The molecule has 1 unspecified atom stereocenters. The number of aliphatic carboxylic acids is 1. The number of nitrogens with one attached hydrogen (secondary N) is 1. The molecule has 9 heteroatoms. The van der Waals surface area contributed by atoms with Crippen LogP contribution in [-0.2, 0) is 4.79 Å². The van der Waals surface area contributed by atoms with Crippen molar-refractivity contribution in [3.8, 4) is 11.6 Å². The molecule has 0 fully saturated rings. The van der Waals surface area contributed by atoms with E-state index in [0.717, 1.165) is 10.2 Å². The molecule has 3 rings (SSSR count). The third-order valence-electron chi connectivity index (χ3n) is 5.91. The molecular weight excluding hydrogens is 453 g/mol. The molecule has 3 aromatic rings. The van der Waals surface area contributed by atoms with E-state index in [4.69, 9.17) is 4.74 Å². The molecule has 3 N–H and O–H groups in total. The lowest BCUT2D eigenvalue weighted by Crippen LogP contribution is -2.38. The average molecular weight is 484 g/mol. The Morgan fingerprint density at radius 3 is 2.43 bits per heavy atom. The Morgan fingerprint density at radius 1 is 1.17 bits per heavy atom. The fourth-order valence-corrected chi connectivity index (χ4v) is 3.22. The minimum absolute atomic E-state index is 0.0614. The van der Waals surface area contributed by atoms with Gasteiger partial charge in [0.2, 0.25) is 5.88 Å². The predicted octanol–water partition coefficient (Wildman–Crippen LogP) is 4.05. The van der Waals surface area contributed by atoms with Crippen LogP contribution >= 0.6 is 0 Å². The lowest BCUT2D eigenvalue weighted by molar-refractivity contribution is -0.137. The van der Waals surface area contributed by atoms with Crippen LogP contribution in [0.15, 0.2) is 54.6 Å². The number of aromatic nitrogens is 2. The number of carbonyl (C=O) groups is 2. The first-order valence-electron chi connectivity index (χ1n) is 11.3. The molecule has 0 bridgehead atoms. The quantitative estimate of drug-likeness (QED) is 0.401. The van der Waals surface area contributed by atoms with E-state index in [9.17, 15) is 24.2 Å². The van der Waals surface area contributed by atoms with E-state index in [1.807, 2.05) is 32.9 Å². The van der Waals surface area contributed by atoms with Crippen LogP contribution < -0.4 is 10.1 Å². The SMILES string of the molecule is Cc1ccc(C(CC(=O)O)NC(=O)c2cc(OC[C@@](C)(O)C(C)C)n(-c3ccccc3F)n2)cc1. The molecule has 2 aromatic carbocycles. The number of nitrogens with zero attached hydrogens (tertiary/aromatic N) is 2. The molecule has 0 aliphatic carbocycles. The number of ether oxygens (including phenoxy) is 1. The molecule has 0 radical (unpaired) electrons. The minimum atomic E-state index is -1.18. The molecule has 1 amide bonds. The van der Waals surface area contributed by atoms with Crippen LogP contribution in [0.3, 0.4) is 0 Å². The van der Waals surface area contributed by atoms with E-state index in [2.05, 4.69) is 10.4 Å². The summed E-state index contributed by atoms with van der Waals surface area (Å²) >= 11 is 0. The van der Waals surface area contributed by atoms with Crippen LogP contribution in [0, 0.1) is 18.7 Å². The van der Waals surface area contributed by atoms with Gasteiger partial charge in [0, 0.05) is 6.07 Å². The number of amides is 1. The first kappa shape index (κ1) is 25.9. The number of rotatable bonds is 10. The molecule has 0 aliphatic rings. The van der Waals surface area contributed by atoms with Gasteiger partial charge in [0.25, 0.3) is 5.91 Å². The van der Waals surface area contributed by atoms with Gasteiger partial charge in [0.05, 0.1) is 18.1 Å². The lowest BCUT2D eigenvalue weighted by Gasteiger charge is -2.27. The molecule has 186 valence electrons. The first-order valence-corrected chi connectivity index (χ1v) is 11.3. The van der Waals surface area contributed by atoms with Gasteiger partial charge in [0.1, 0.15) is 18.1 Å². The van der Waals surface area contributed by atoms with Crippen molar-refractivity contribution in [1.82, 2.24) is 15.1 Å². The second kappa shape index (κ2) is 10.7. The number of benzene rings is 2. The fraction of sp³-hybridized carbons (Fsp3) is 0.346. The third kappa shape index (κ3) is 6.45. The molecular formula is C26H30FN3O5. The van der Waals surface area contributed by atoms with Crippen LogP contribution in [-0.4, -0.2) is 44.1 Å². The lowest BCUT2D eigenvalue weighted by atomic mass is 9.94. The number of carboxylic acid groups (broad SMARTS) is 1. The summed E-state index contributed by atoms with van der Waals surface area (Å²) in [6.45, 7) is 7.08. The Bertz CT molecular complexity index is 1190. The number of hydrogen-bond donors (Lipinski definition) is 3. The van der Waals surface area contributed by atoms with E-state index in [0.29, 0.717) is 5.56 Å². The predicted molar refractivity (Wildman–Crippen MR) is 128 cm³/mol. The Hall–Kier alpha value is -3.72. The summed E-state index contributed by atoms with van der Waals surface area (Å²) in [5.41, 5.74) is 0.424. The topological polar surface area (TPSA) is 114 Å². The molecule has 1 aromatic heterocycles. The fourth-order valence-electron chi connectivity index (χ4n) is 3.22. The summed E-state index contributed by atoms with van der Waals surface area (Å²) in [4.78, 5) is 24.5. The number of para-hydroxylation sites is 1. The van der Waals surface area contributed by atoms with Crippen molar-refractivity contribution in [3.63, 3.8) is 0 Å². The minimum Gasteiger partial charge on any atom is -0.481 e. The Morgan fingerprint density at radius 2 is 1.83 bits per heavy atom. The molecule has 0 spiro atoms. The third-order valence-corrected chi connectivity index (χ3v) is 5.91. The molecule has 8 nitrogen and oxygen atoms in total. The normalized spacial score (nSPS) is 13.8. The van der Waals surface area contributed by atoms with Crippen molar-refractivity contribution in [3.05, 3.63) is 77.2 Å². The van der Waals surface area contributed by atoms with Crippen molar-refractivity contribution in [2.45, 2.75) is 45.8 Å². The van der Waals surface area contributed by atoms with Gasteiger partial charge >= 0.3 is 5.97 Å². The Labute approximate surface area is 203 Å². The number of carbonyl (C=O) groups excluding carboxylic acids is 1.